The van der Waals surface area contributed by atoms with E-state index in [1.807, 2.05) is 7.05 Å². The van der Waals surface area contributed by atoms with Crippen LogP contribution in [0.4, 0.5) is 0 Å². The second kappa shape index (κ2) is 5.04. The summed E-state index contributed by atoms with van der Waals surface area (Å²) in [5, 5.41) is 3.18. The predicted octanol–water partition coefficient (Wildman–Crippen LogP) is -0.238. The van der Waals surface area contributed by atoms with Crippen LogP contribution in [0.3, 0.4) is 0 Å². The van der Waals surface area contributed by atoms with Gasteiger partial charge in [-0.1, -0.05) is 0 Å². The van der Waals surface area contributed by atoms with E-state index >= 15 is 0 Å². The lowest BCUT2D eigenvalue weighted by molar-refractivity contribution is -0.124. The summed E-state index contributed by atoms with van der Waals surface area (Å²) in [4.78, 5) is 16.9. The lowest BCUT2D eigenvalue weighted by Gasteiger charge is -2.41. The van der Waals surface area contributed by atoms with Gasteiger partial charge in [0.25, 0.3) is 0 Å². The van der Waals surface area contributed by atoms with Crippen molar-refractivity contribution in [1.29, 1.82) is 0 Å². The molecular formula is C14H26N4O. The molecule has 3 rings (SSSR count). The highest BCUT2D eigenvalue weighted by Gasteiger charge is 2.45. The number of hydrogen-bond acceptors (Lipinski definition) is 4. The van der Waals surface area contributed by atoms with Crippen LogP contribution < -0.4 is 11.1 Å². The Morgan fingerprint density at radius 2 is 2.00 bits per heavy atom. The van der Waals surface area contributed by atoms with E-state index in [-0.39, 0.29) is 5.91 Å². The molecule has 3 aliphatic rings. The molecular weight excluding hydrogens is 240 g/mol. The van der Waals surface area contributed by atoms with Crippen molar-refractivity contribution in [3.05, 3.63) is 0 Å². The van der Waals surface area contributed by atoms with Gasteiger partial charge in [0.2, 0.25) is 5.91 Å². The van der Waals surface area contributed by atoms with E-state index in [9.17, 15) is 4.79 Å². The maximum Gasteiger partial charge on any atom is 0.237 e. The quantitative estimate of drug-likeness (QED) is 0.740. The van der Waals surface area contributed by atoms with E-state index in [4.69, 9.17) is 5.73 Å². The van der Waals surface area contributed by atoms with Crippen LogP contribution in [0.5, 0.6) is 0 Å². The number of hydrogen-bond donors (Lipinski definition) is 2. The van der Waals surface area contributed by atoms with Gasteiger partial charge in [0, 0.05) is 31.7 Å². The Morgan fingerprint density at radius 1 is 1.21 bits per heavy atom. The van der Waals surface area contributed by atoms with Crippen LogP contribution >= 0.6 is 0 Å². The smallest absolute Gasteiger partial charge is 0.237 e. The molecule has 19 heavy (non-hydrogen) atoms. The Labute approximate surface area is 115 Å². The molecule has 2 heterocycles. The highest BCUT2D eigenvalue weighted by molar-refractivity contribution is 5.85. The van der Waals surface area contributed by atoms with Crippen LogP contribution in [0.15, 0.2) is 0 Å². The van der Waals surface area contributed by atoms with Gasteiger partial charge in [-0.2, -0.15) is 0 Å². The second-order valence-electron chi connectivity index (χ2n) is 6.42. The Hall–Kier alpha value is -0.650. The summed E-state index contributed by atoms with van der Waals surface area (Å²) in [7, 11) is 1.86. The summed E-state index contributed by atoms with van der Waals surface area (Å²) >= 11 is 0. The summed E-state index contributed by atoms with van der Waals surface area (Å²) in [5.41, 5.74) is 5.13. The zero-order chi connectivity index (χ0) is 13.5. The van der Waals surface area contributed by atoms with Crippen molar-refractivity contribution in [2.45, 2.75) is 49.7 Å². The topological polar surface area (TPSA) is 61.6 Å². The van der Waals surface area contributed by atoms with Gasteiger partial charge in [-0.15, -0.1) is 0 Å². The summed E-state index contributed by atoms with van der Waals surface area (Å²) in [6.45, 7) is 4.82. The summed E-state index contributed by atoms with van der Waals surface area (Å²) in [6, 6.07) is 1.29. The van der Waals surface area contributed by atoms with Gasteiger partial charge >= 0.3 is 0 Å². The van der Waals surface area contributed by atoms with Crippen molar-refractivity contribution in [3.8, 4) is 0 Å². The zero-order valence-corrected chi connectivity index (χ0v) is 11.9. The predicted molar refractivity (Wildman–Crippen MR) is 74.8 cm³/mol. The molecule has 1 amide bonds. The van der Waals surface area contributed by atoms with Gasteiger partial charge < -0.3 is 11.1 Å². The normalized spacial score (nSPS) is 40.5. The number of fused-ring (bicyclic) bond motifs is 1. The first-order chi connectivity index (χ1) is 9.14. The van der Waals surface area contributed by atoms with Crippen LogP contribution in [-0.2, 0) is 4.79 Å². The molecule has 0 spiro atoms. The summed E-state index contributed by atoms with van der Waals surface area (Å²) < 4.78 is 0. The van der Waals surface area contributed by atoms with Crippen LogP contribution in [-0.4, -0.2) is 66.6 Å². The number of likely N-dealkylation sites (N-methyl/N-ethyl adjacent to an activating group) is 1. The minimum absolute atomic E-state index is 0.183. The molecule has 3 N–H and O–H groups in total. The first kappa shape index (κ1) is 13.3. The van der Waals surface area contributed by atoms with Crippen LogP contribution in [0.25, 0.3) is 0 Å². The number of nitrogens with two attached hydrogens (primary N) is 1. The van der Waals surface area contributed by atoms with Gasteiger partial charge in [0.15, 0.2) is 0 Å². The number of nitrogens with zero attached hydrogens (tertiary/aromatic N) is 2. The van der Waals surface area contributed by atoms with Crippen molar-refractivity contribution in [2.24, 2.45) is 5.73 Å². The molecule has 5 nitrogen and oxygen atoms in total. The molecule has 3 fully saturated rings. The van der Waals surface area contributed by atoms with Crippen molar-refractivity contribution in [1.82, 2.24) is 15.1 Å². The van der Waals surface area contributed by atoms with E-state index < -0.39 is 5.54 Å². The number of amides is 1. The summed E-state index contributed by atoms with van der Waals surface area (Å²) in [6.07, 6.45) is 5.55. The molecule has 0 aromatic heterocycles. The molecule has 0 bridgehead atoms. The third-order valence-electron chi connectivity index (χ3n) is 5.57. The Balaban J connectivity index is 1.63. The van der Waals surface area contributed by atoms with E-state index in [1.54, 1.807) is 0 Å². The minimum Gasteiger partial charge on any atom is -0.368 e. The number of piperazine rings is 1. The minimum atomic E-state index is -0.461. The number of nitrogens with one attached hydrogen (secondary N) is 1. The maximum atomic E-state index is 11.7. The first-order valence-corrected chi connectivity index (χ1v) is 7.61. The van der Waals surface area contributed by atoms with E-state index in [1.165, 1.54) is 32.5 Å². The van der Waals surface area contributed by atoms with Gasteiger partial charge in [0.05, 0.1) is 5.54 Å². The molecule has 0 radical (unpaired) electrons. The van der Waals surface area contributed by atoms with Gasteiger partial charge in [-0.05, 0) is 45.7 Å². The van der Waals surface area contributed by atoms with Crippen molar-refractivity contribution >= 4 is 5.91 Å². The molecule has 5 heteroatoms. The fourth-order valence-electron chi connectivity index (χ4n) is 4.25. The van der Waals surface area contributed by atoms with Crippen molar-refractivity contribution < 1.29 is 4.79 Å². The molecule has 2 aliphatic heterocycles. The number of carbonyl (C=O) groups is 1. The van der Waals surface area contributed by atoms with E-state index in [0.717, 1.165) is 31.8 Å². The third-order valence-corrected chi connectivity index (χ3v) is 5.57. The second-order valence-corrected chi connectivity index (χ2v) is 6.42. The molecule has 0 aromatic rings. The monoisotopic (exact) mass is 266 g/mol. The number of primary amides is 1. The molecule has 108 valence electrons. The van der Waals surface area contributed by atoms with Gasteiger partial charge in [-0.3, -0.25) is 14.6 Å². The summed E-state index contributed by atoms with van der Waals surface area (Å²) in [5.74, 6) is -0.183. The fourth-order valence-corrected chi connectivity index (χ4v) is 4.25. The van der Waals surface area contributed by atoms with Crippen molar-refractivity contribution in [2.75, 3.05) is 33.2 Å². The van der Waals surface area contributed by atoms with Crippen LogP contribution in [0.1, 0.15) is 32.1 Å². The van der Waals surface area contributed by atoms with E-state index in [2.05, 4.69) is 15.1 Å². The largest absolute Gasteiger partial charge is 0.368 e. The van der Waals surface area contributed by atoms with Crippen LogP contribution in [0, 0.1) is 0 Å². The maximum absolute atomic E-state index is 11.7. The number of rotatable bonds is 3. The van der Waals surface area contributed by atoms with Gasteiger partial charge in [0.1, 0.15) is 0 Å². The zero-order valence-electron chi connectivity index (χ0n) is 11.9. The van der Waals surface area contributed by atoms with Gasteiger partial charge in [-0.25, -0.2) is 0 Å². The first-order valence-electron chi connectivity index (χ1n) is 7.61. The molecule has 2 saturated heterocycles. The highest BCUT2D eigenvalue weighted by Crippen LogP contribution is 2.34. The molecule has 3 unspecified atom stereocenters. The SMILES string of the molecule is CNC1(C(N)=O)CCC(N2CCN3CCCC3C2)C1. The number of carbonyl (C=O) groups excluding carboxylic acids is 1. The Bertz CT molecular complexity index is 361. The lowest BCUT2D eigenvalue weighted by Crippen LogP contribution is -2.56. The Morgan fingerprint density at radius 3 is 2.68 bits per heavy atom. The lowest BCUT2D eigenvalue weighted by atomic mass is 9.96. The molecule has 1 aliphatic carbocycles. The highest BCUT2D eigenvalue weighted by atomic mass is 16.1. The Kier molecular flexibility index (Phi) is 3.53. The van der Waals surface area contributed by atoms with Crippen molar-refractivity contribution in [3.63, 3.8) is 0 Å². The standard InChI is InChI=1S/C14H26N4O/c1-16-14(13(15)19)5-4-11(9-14)18-8-7-17-6-2-3-12(17)10-18/h11-12,16H,2-10H2,1H3,(H2,15,19). The average Bonchev–Trinajstić information content (AvgIpc) is 3.05. The third kappa shape index (κ3) is 2.28. The average molecular weight is 266 g/mol. The van der Waals surface area contributed by atoms with Crippen LogP contribution in [0.2, 0.25) is 0 Å². The molecule has 1 saturated carbocycles. The van der Waals surface area contributed by atoms with E-state index in [0.29, 0.717) is 6.04 Å². The molecule has 3 atom stereocenters. The fraction of sp³-hybridized carbons (Fsp3) is 0.929. The molecule has 0 aromatic carbocycles.